The number of anilines is 1. The highest BCUT2D eigenvalue weighted by atomic mass is 35.5. The average molecular weight is 435 g/mol. The van der Waals surface area contributed by atoms with Crippen LogP contribution in [0.25, 0.3) is 0 Å². The Kier molecular flexibility index (Phi) is 6.98. The first-order chi connectivity index (χ1) is 13.8. The van der Waals surface area contributed by atoms with Gasteiger partial charge in [-0.2, -0.15) is 4.31 Å². The highest BCUT2D eigenvalue weighted by Crippen LogP contribution is 2.28. The highest BCUT2D eigenvalue weighted by Gasteiger charge is 2.34. The van der Waals surface area contributed by atoms with E-state index < -0.39 is 10.0 Å². The van der Waals surface area contributed by atoms with Gasteiger partial charge in [0.2, 0.25) is 15.9 Å². The third kappa shape index (κ3) is 5.59. The number of aryl methyl sites for hydroxylation is 2. The summed E-state index contributed by atoms with van der Waals surface area (Å²) in [4.78, 5) is 12.9. The van der Waals surface area contributed by atoms with Crippen molar-refractivity contribution >= 4 is 33.2 Å². The Balaban J connectivity index is 1.85. The third-order valence-corrected chi connectivity index (χ3v) is 7.37. The van der Waals surface area contributed by atoms with Crippen molar-refractivity contribution < 1.29 is 13.2 Å². The number of nitrogens with one attached hydrogen (secondary N) is 1. The van der Waals surface area contributed by atoms with Crippen LogP contribution in [0, 0.1) is 13.8 Å². The van der Waals surface area contributed by atoms with Crippen LogP contribution in [0.3, 0.4) is 0 Å². The molecular weight excluding hydrogens is 408 g/mol. The molecule has 0 aromatic heterocycles. The lowest BCUT2D eigenvalue weighted by molar-refractivity contribution is -0.116. The van der Waals surface area contributed by atoms with Crippen molar-refractivity contribution in [3.8, 4) is 0 Å². The molecule has 3 rings (SSSR count). The first kappa shape index (κ1) is 21.8. The molecule has 0 radical (unpaired) electrons. The maximum absolute atomic E-state index is 13.3. The van der Waals surface area contributed by atoms with Crippen LogP contribution in [0.15, 0.2) is 47.4 Å². The molecule has 0 atom stereocenters. The fourth-order valence-corrected chi connectivity index (χ4v) is 5.68. The molecule has 0 heterocycles. The van der Waals surface area contributed by atoms with E-state index in [1.807, 2.05) is 32.0 Å². The Labute approximate surface area is 178 Å². The standard InChI is InChI=1S/C22H27ClN2O3S/c1-16-12-17(2)14-19(13-16)24-22(26)15-25(20-6-4-3-5-7-20)29(27,28)21-10-8-18(23)9-11-21/h8-14,20H,3-7,15H2,1-2H3,(H,24,26). The molecule has 1 fully saturated rings. The molecule has 7 heteroatoms. The fraction of sp³-hybridized carbons (Fsp3) is 0.409. The zero-order valence-corrected chi connectivity index (χ0v) is 18.4. The predicted molar refractivity (Wildman–Crippen MR) is 117 cm³/mol. The van der Waals surface area contributed by atoms with E-state index in [0.717, 1.165) is 43.2 Å². The smallest absolute Gasteiger partial charge is 0.243 e. The van der Waals surface area contributed by atoms with Crippen LogP contribution >= 0.6 is 11.6 Å². The normalized spacial score (nSPS) is 15.4. The molecule has 29 heavy (non-hydrogen) atoms. The van der Waals surface area contributed by atoms with Crippen molar-refractivity contribution in [2.24, 2.45) is 0 Å². The van der Waals surface area contributed by atoms with Crippen molar-refractivity contribution in [1.29, 1.82) is 0 Å². The second-order valence-electron chi connectivity index (χ2n) is 7.72. The molecule has 156 valence electrons. The van der Waals surface area contributed by atoms with E-state index in [9.17, 15) is 13.2 Å². The number of halogens is 1. The Morgan fingerprint density at radius 2 is 1.62 bits per heavy atom. The van der Waals surface area contributed by atoms with Gasteiger partial charge in [0, 0.05) is 16.8 Å². The van der Waals surface area contributed by atoms with Crippen molar-refractivity contribution in [2.75, 3.05) is 11.9 Å². The summed E-state index contributed by atoms with van der Waals surface area (Å²) in [6.07, 6.45) is 4.57. The van der Waals surface area contributed by atoms with E-state index >= 15 is 0 Å². The summed E-state index contributed by atoms with van der Waals surface area (Å²) in [5, 5.41) is 3.33. The van der Waals surface area contributed by atoms with Crippen LogP contribution in [0.2, 0.25) is 5.02 Å². The molecule has 0 spiro atoms. The Morgan fingerprint density at radius 3 is 2.21 bits per heavy atom. The Hall–Kier alpha value is -1.89. The molecule has 1 saturated carbocycles. The number of rotatable bonds is 6. The van der Waals surface area contributed by atoms with E-state index in [4.69, 9.17) is 11.6 Å². The first-order valence-electron chi connectivity index (χ1n) is 9.91. The molecule has 1 aliphatic rings. The monoisotopic (exact) mass is 434 g/mol. The summed E-state index contributed by atoms with van der Waals surface area (Å²) in [7, 11) is -3.81. The van der Waals surface area contributed by atoms with Gasteiger partial charge in [-0.05, 0) is 74.2 Å². The minimum atomic E-state index is -3.81. The molecule has 2 aromatic rings. The Bertz CT molecular complexity index is 948. The highest BCUT2D eigenvalue weighted by molar-refractivity contribution is 7.89. The largest absolute Gasteiger partial charge is 0.325 e. The topological polar surface area (TPSA) is 66.5 Å². The van der Waals surface area contributed by atoms with Crippen LogP contribution in [-0.2, 0) is 14.8 Å². The van der Waals surface area contributed by atoms with Crippen molar-refractivity contribution in [2.45, 2.75) is 56.9 Å². The van der Waals surface area contributed by atoms with Crippen LogP contribution in [-0.4, -0.2) is 31.2 Å². The molecule has 2 aromatic carbocycles. The number of nitrogens with zero attached hydrogens (tertiary/aromatic N) is 1. The minimum absolute atomic E-state index is 0.159. The second-order valence-corrected chi connectivity index (χ2v) is 10.0. The number of sulfonamides is 1. The summed E-state index contributed by atoms with van der Waals surface area (Å²) >= 11 is 5.92. The molecule has 0 aliphatic heterocycles. The number of hydrogen-bond acceptors (Lipinski definition) is 3. The maximum atomic E-state index is 13.3. The third-order valence-electron chi connectivity index (χ3n) is 5.21. The van der Waals surface area contributed by atoms with Gasteiger partial charge in [0.15, 0.2) is 0 Å². The van der Waals surface area contributed by atoms with Gasteiger partial charge in [0.1, 0.15) is 0 Å². The van der Waals surface area contributed by atoms with Gasteiger partial charge in [-0.25, -0.2) is 8.42 Å². The lowest BCUT2D eigenvalue weighted by atomic mass is 9.95. The summed E-state index contributed by atoms with van der Waals surface area (Å²) in [6, 6.07) is 11.7. The summed E-state index contributed by atoms with van der Waals surface area (Å²) in [6.45, 7) is 3.71. The minimum Gasteiger partial charge on any atom is -0.325 e. The molecule has 1 aliphatic carbocycles. The summed E-state index contributed by atoms with van der Waals surface area (Å²) < 4.78 is 28.1. The van der Waals surface area contributed by atoms with Gasteiger partial charge >= 0.3 is 0 Å². The van der Waals surface area contributed by atoms with Crippen molar-refractivity contribution in [1.82, 2.24) is 4.31 Å². The fourth-order valence-electron chi connectivity index (χ4n) is 3.91. The lowest BCUT2D eigenvalue weighted by Gasteiger charge is -2.33. The molecule has 0 saturated heterocycles. The number of benzene rings is 2. The van der Waals surface area contributed by atoms with Gasteiger partial charge in [-0.15, -0.1) is 0 Å². The predicted octanol–water partition coefficient (Wildman–Crippen LogP) is 4.92. The average Bonchev–Trinajstić information content (AvgIpc) is 2.66. The maximum Gasteiger partial charge on any atom is 0.243 e. The molecule has 0 unspecified atom stereocenters. The summed E-state index contributed by atoms with van der Waals surface area (Å²) in [5.74, 6) is -0.335. The van der Waals surface area contributed by atoms with E-state index in [2.05, 4.69) is 5.32 Å². The van der Waals surface area contributed by atoms with Gasteiger partial charge < -0.3 is 5.32 Å². The van der Waals surface area contributed by atoms with Crippen LogP contribution in [0.1, 0.15) is 43.2 Å². The zero-order valence-electron chi connectivity index (χ0n) is 16.8. The first-order valence-corrected chi connectivity index (χ1v) is 11.7. The van der Waals surface area contributed by atoms with Crippen LogP contribution in [0.5, 0.6) is 0 Å². The van der Waals surface area contributed by atoms with Gasteiger partial charge in [-0.1, -0.05) is 36.9 Å². The zero-order chi connectivity index (χ0) is 21.0. The number of carbonyl (C=O) groups excluding carboxylic acids is 1. The molecule has 1 amide bonds. The van der Waals surface area contributed by atoms with Crippen molar-refractivity contribution in [3.05, 3.63) is 58.6 Å². The van der Waals surface area contributed by atoms with Crippen LogP contribution in [0.4, 0.5) is 5.69 Å². The number of hydrogen-bond donors (Lipinski definition) is 1. The van der Waals surface area contributed by atoms with Gasteiger partial charge in [-0.3, -0.25) is 4.79 Å². The second kappa shape index (κ2) is 9.28. The molecule has 5 nitrogen and oxygen atoms in total. The van der Waals surface area contributed by atoms with E-state index in [1.54, 1.807) is 12.1 Å². The molecular formula is C22H27ClN2O3S. The van der Waals surface area contributed by atoms with E-state index in [0.29, 0.717) is 10.7 Å². The molecule has 0 bridgehead atoms. The molecule has 1 N–H and O–H groups in total. The van der Waals surface area contributed by atoms with Gasteiger partial charge in [0.05, 0.1) is 11.4 Å². The Morgan fingerprint density at radius 1 is 1.03 bits per heavy atom. The lowest BCUT2D eigenvalue weighted by Crippen LogP contribution is -2.45. The van der Waals surface area contributed by atoms with E-state index in [-0.39, 0.29) is 23.4 Å². The van der Waals surface area contributed by atoms with E-state index in [1.165, 1.54) is 16.4 Å². The summed E-state index contributed by atoms with van der Waals surface area (Å²) in [5.41, 5.74) is 2.76. The van der Waals surface area contributed by atoms with Crippen molar-refractivity contribution in [3.63, 3.8) is 0 Å². The number of carbonyl (C=O) groups is 1. The number of amides is 1. The SMILES string of the molecule is Cc1cc(C)cc(NC(=O)CN(C2CCCCC2)S(=O)(=O)c2ccc(Cl)cc2)c1. The quantitative estimate of drug-likeness (QED) is 0.701. The van der Waals surface area contributed by atoms with Gasteiger partial charge in [0.25, 0.3) is 0 Å². The van der Waals surface area contributed by atoms with Crippen LogP contribution < -0.4 is 5.32 Å².